The van der Waals surface area contributed by atoms with E-state index < -0.39 is 24.1 Å². The third-order valence-corrected chi connectivity index (χ3v) is 4.06. The predicted octanol–water partition coefficient (Wildman–Crippen LogP) is 3.22. The molecule has 6 nitrogen and oxygen atoms in total. The highest BCUT2D eigenvalue weighted by atomic mass is 35.5. The van der Waals surface area contributed by atoms with Crippen molar-refractivity contribution in [3.63, 3.8) is 0 Å². The highest BCUT2D eigenvalue weighted by Gasteiger charge is 2.20. The molecule has 3 rings (SSSR count). The van der Waals surface area contributed by atoms with Crippen molar-refractivity contribution < 1.29 is 19.1 Å². The summed E-state index contributed by atoms with van der Waals surface area (Å²) in [5, 5.41) is 9.19. The summed E-state index contributed by atoms with van der Waals surface area (Å²) < 4.78 is 5.94. The monoisotopic (exact) mass is 365 g/mol. The van der Waals surface area contributed by atoms with Gasteiger partial charge in [0.25, 0.3) is 0 Å². The predicted molar refractivity (Wildman–Crippen MR) is 88.0 cm³/mol. The molecule has 0 bridgehead atoms. The van der Waals surface area contributed by atoms with Crippen LogP contribution in [0, 0.1) is 0 Å². The van der Waals surface area contributed by atoms with Crippen LogP contribution in [0.1, 0.15) is 15.9 Å². The standard InChI is InChI=1S/C16H9Cl2NO5/c17-10-4-2-1-3-8(10)15(22)9-5-13-12(6-11(9)18)19(7-14(20)21)16(23)24-13/h1-6H,7H2,(H,20,21). The van der Waals surface area contributed by atoms with Gasteiger partial charge >= 0.3 is 11.7 Å². The topological polar surface area (TPSA) is 89.5 Å². The van der Waals surface area contributed by atoms with Crippen molar-refractivity contribution in [1.82, 2.24) is 4.57 Å². The van der Waals surface area contributed by atoms with Crippen LogP contribution in [0.3, 0.4) is 0 Å². The second kappa shape index (κ2) is 6.14. The van der Waals surface area contributed by atoms with Crippen LogP contribution in [0.25, 0.3) is 11.1 Å². The highest BCUT2D eigenvalue weighted by Crippen LogP contribution is 2.28. The minimum absolute atomic E-state index is 0.0624. The molecular formula is C16H9Cl2NO5. The molecule has 0 aliphatic carbocycles. The van der Waals surface area contributed by atoms with Crippen molar-refractivity contribution in [2.24, 2.45) is 0 Å². The number of oxazole rings is 1. The molecule has 24 heavy (non-hydrogen) atoms. The lowest BCUT2D eigenvalue weighted by Crippen LogP contribution is -2.19. The number of carbonyl (C=O) groups excluding carboxylic acids is 1. The average molecular weight is 366 g/mol. The number of aromatic nitrogens is 1. The number of carboxylic acid groups (broad SMARTS) is 1. The molecule has 0 fully saturated rings. The molecule has 0 amide bonds. The van der Waals surface area contributed by atoms with Crippen LogP contribution >= 0.6 is 23.2 Å². The van der Waals surface area contributed by atoms with E-state index in [9.17, 15) is 14.4 Å². The normalized spacial score (nSPS) is 10.9. The highest BCUT2D eigenvalue weighted by molar-refractivity contribution is 6.38. The summed E-state index contributed by atoms with van der Waals surface area (Å²) >= 11 is 12.2. The van der Waals surface area contributed by atoms with E-state index in [2.05, 4.69) is 0 Å². The Kier molecular flexibility index (Phi) is 4.17. The quantitative estimate of drug-likeness (QED) is 0.716. The van der Waals surface area contributed by atoms with Crippen molar-refractivity contribution in [3.05, 3.63) is 68.1 Å². The molecule has 0 aliphatic rings. The van der Waals surface area contributed by atoms with E-state index >= 15 is 0 Å². The number of fused-ring (bicyclic) bond motifs is 1. The molecular weight excluding hydrogens is 357 g/mol. The van der Waals surface area contributed by atoms with Gasteiger partial charge in [0.1, 0.15) is 6.54 Å². The summed E-state index contributed by atoms with van der Waals surface area (Å²) in [5.74, 6) is -2.47. The Morgan fingerprint density at radius 1 is 1.08 bits per heavy atom. The Balaban J connectivity index is 2.16. The molecule has 122 valence electrons. The van der Waals surface area contributed by atoms with Gasteiger partial charge in [-0.2, -0.15) is 0 Å². The van der Waals surface area contributed by atoms with E-state index in [-0.39, 0.29) is 32.3 Å². The fourth-order valence-electron chi connectivity index (χ4n) is 2.33. The van der Waals surface area contributed by atoms with Crippen LogP contribution in [0.15, 0.2) is 45.6 Å². The van der Waals surface area contributed by atoms with Gasteiger partial charge in [0.15, 0.2) is 11.4 Å². The summed E-state index contributed by atoms with van der Waals surface area (Å²) in [5.41, 5.74) is 0.630. The zero-order chi connectivity index (χ0) is 17.4. The maximum Gasteiger partial charge on any atom is 0.420 e. The molecule has 1 heterocycles. The van der Waals surface area contributed by atoms with Crippen molar-refractivity contribution >= 4 is 46.1 Å². The molecule has 2 aromatic carbocycles. The summed E-state index contributed by atoms with van der Waals surface area (Å²) in [4.78, 5) is 35.2. The number of hydrogen-bond acceptors (Lipinski definition) is 4. The molecule has 0 saturated carbocycles. The van der Waals surface area contributed by atoms with E-state index in [1.165, 1.54) is 12.1 Å². The van der Waals surface area contributed by atoms with Crippen LogP contribution in [0.5, 0.6) is 0 Å². The number of rotatable bonds is 4. The number of carbonyl (C=O) groups is 2. The molecule has 3 aromatic rings. The molecule has 0 radical (unpaired) electrons. The van der Waals surface area contributed by atoms with Gasteiger partial charge in [0.2, 0.25) is 0 Å². The van der Waals surface area contributed by atoms with Crippen LogP contribution in [0.4, 0.5) is 0 Å². The Morgan fingerprint density at radius 3 is 2.46 bits per heavy atom. The van der Waals surface area contributed by atoms with E-state index in [0.717, 1.165) is 4.57 Å². The Hall–Kier alpha value is -2.57. The molecule has 8 heteroatoms. The first-order valence-electron chi connectivity index (χ1n) is 6.72. The second-order valence-corrected chi connectivity index (χ2v) is 5.77. The van der Waals surface area contributed by atoms with Gasteiger partial charge in [0.05, 0.1) is 15.6 Å². The first kappa shape index (κ1) is 16.3. The van der Waals surface area contributed by atoms with Crippen LogP contribution in [-0.2, 0) is 11.3 Å². The van der Waals surface area contributed by atoms with Gasteiger partial charge in [-0.1, -0.05) is 35.3 Å². The molecule has 0 spiro atoms. The van der Waals surface area contributed by atoms with Gasteiger partial charge in [0, 0.05) is 11.1 Å². The molecule has 0 unspecified atom stereocenters. The molecule has 0 aliphatic heterocycles. The SMILES string of the molecule is O=C(O)Cn1c(=O)oc2cc(C(=O)c3ccccc3Cl)c(Cl)cc21. The lowest BCUT2D eigenvalue weighted by atomic mass is 10.0. The minimum atomic E-state index is -1.20. The largest absolute Gasteiger partial charge is 0.480 e. The van der Waals surface area contributed by atoms with Crippen molar-refractivity contribution in [2.75, 3.05) is 0 Å². The van der Waals surface area contributed by atoms with Gasteiger partial charge < -0.3 is 9.52 Å². The molecule has 1 aromatic heterocycles. The number of aliphatic carboxylic acids is 1. The smallest absolute Gasteiger partial charge is 0.420 e. The van der Waals surface area contributed by atoms with Crippen molar-refractivity contribution in [2.45, 2.75) is 6.54 Å². The fourth-order valence-corrected chi connectivity index (χ4v) is 2.80. The van der Waals surface area contributed by atoms with Crippen molar-refractivity contribution in [3.8, 4) is 0 Å². The first-order valence-corrected chi connectivity index (χ1v) is 7.48. The third-order valence-electron chi connectivity index (χ3n) is 3.41. The van der Waals surface area contributed by atoms with Gasteiger partial charge in [-0.3, -0.25) is 14.2 Å². The lowest BCUT2D eigenvalue weighted by molar-refractivity contribution is -0.137. The summed E-state index contributed by atoms with van der Waals surface area (Å²) in [6.45, 7) is -0.569. The maximum atomic E-state index is 12.6. The number of ketones is 1. The first-order chi connectivity index (χ1) is 11.4. The number of nitrogens with zero attached hydrogens (tertiary/aromatic N) is 1. The zero-order valence-electron chi connectivity index (χ0n) is 12.0. The number of hydrogen-bond donors (Lipinski definition) is 1. The lowest BCUT2D eigenvalue weighted by Gasteiger charge is -2.06. The summed E-state index contributed by atoms with van der Waals surface area (Å²) in [6, 6.07) is 9.11. The molecule has 0 atom stereocenters. The van der Waals surface area contributed by atoms with E-state index in [4.69, 9.17) is 32.7 Å². The Labute approximate surface area is 144 Å². The average Bonchev–Trinajstić information content (AvgIpc) is 2.81. The van der Waals surface area contributed by atoms with Crippen LogP contribution in [-0.4, -0.2) is 21.4 Å². The van der Waals surface area contributed by atoms with E-state index in [0.29, 0.717) is 0 Å². The second-order valence-electron chi connectivity index (χ2n) is 4.96. The van der Waals surface area contributed by atoms with E-state index in [1.54, 1.807) is 24.3 Å². The van der Waals surface area contributed by atoms with Crippen LogP contribution < -0.4 is 5.76 Å². The zero-order valence-corrected chi connectivity index (χ0v) is 13.5. The maximum absolute atomic E-state index is 12.6. The van der Waals surface area contributed by atoms with Crippen LogP contribution in [0.2, 0.25) is 10.0 Å². The Morgan fingerprint density at radius 2 is 1.79 bits per heavy atom. The van der Waals surface area contributed by atoms with Gasteiger partial charge in [-0.15, -0.1) is 0 Å². The van der Waals surface area contributed by atoms with Gasteiger partial charge in [-0.25, -0.2) is 4.79 Å². The van der Waals surface area contributed by atoms with Crippen molar-refractivity contribution in [1.29, 1.82) is 0 Å². The summed E-state index contributed by atoms with van der Waals surface area (Å²) in [6.07, 6.45) is 0. The number of benzene rings is 2. The minimum Gasteiger partial charge on any atom is -0.480 e. The summed E-state index contributed by atoms with van der Waals surface area (Å²) in [7, 11) is 0. The fraction of sp³-hybridized carbons (Fsp3) is 0.0625. The molecule has 1 N–H and O–H groups in total. The number of halogens is 2. The van der Waals surface area contributed by atoms with Gasteiger partial charge in [-0.05, 0) is 24.3 Å². The molecule has 0 saturated heterocycles. The third kappa shape index (κ3) is 2.81. The van der Waals surface area contributed by atoms with E-state index in [1.807, 2.05) is 0 Å². The number of carboxylic acids is 1. The Bertz CT molecular complexity index is 1030.